The van der Waals surface area contributed by atoms with Gasteiger partial charge in [0, 0.05) is 19.1 Å². The third kappa shape index (κ3) is 5.68. The minimum Gasteiger partial charge on any atom is -0.493 e. The molecule has 6 nitrogen and oxygen atoms in total. The predicted octanol–water partition coefficient (Wildman–Crippen LogP) is 3.51. The Balaban J connectivity index is 1.51. The molecule has 2 amide bonds. The molecule has 0 unspecified atom stereocenters. The van der Waals surface area contributed by atoms with Crippen LogP contribution >= 0.6 is 0 Å². The molecule has 31 heavy (non-hydrogen) atoms. The molecule has 3 rings (SSSR count). The second-order valence-corrected chi connectivity index (χ2v) is 7.12. The Bertz CT molecular complexity index is 925. The van der Waals surface area contributed by atoms with Gasteiger partial charge in [-0.15, -0.1) is 0 Å². The summed E-state index contributed by atoms with van der Waals surface area (Å²) in [5, 5.41) is 2.84. The predicted molar refractivity (Wildman–Crippen MR) is 107 cm³/mol. The summed E-state index contributed by atoms with van der Waals surface area (Å²) in [4.78, 5) is 26.2. The van der Waals surface area contributed by atoms with Gasteiger partial charge in [-0.1, -0.05) is 24.3 Å². The smallest absolute Gasteiger partial charge is 0.417 e. The zero-order valence-electron chi connectivity index (χ0n) is 16.9. The minimum atomic E-state index is -4.60. The zero-order valence-corrected chi connectivity index (χ0v) is 16.9. The summed E-state index contributed by atoms with van der Waals surface area (Å²) < 4.78 is 50.2. The second-order valence-electron chi connectivity index (χ2n) is 7.12. The highest BCUT2D eigenvalue weighted by Gasteiger charge is 2.36. The first kappa shape index (κ1) is 22.5. The molecule has 0 spiro atoms. The Morgan fingerprint density at radius 3 is 2.29 bits per heavy atom. The van der Waals surface area contributed by atoms with Crippen LogP contribution in [0.3, 0.4) is 0 Å². The van der Waals surface area contributed by atoms with Crippen molar-refractivity contribution in [2.75, 3.05) is 26.8 Å². The van der Waals surface area contributed by atoms with E-state index in [2.05, 4.69) is 5.32 Å². The fraction of sp³-hybridized carbons (Fsp3) is 0.364. The number of nitrogens with one attached hydrogen (secondary N) is 1. The lowest BCUT2D eigenvalue weighted by molar-refractivity contribution is -0.138. The van der Waals surface area contributed by atoms with Crippen LogP contribution in [-0.4, -0.2) is 49.6 Å². The van der Waals surface area contributed by atoms with Gasteiger partial charge in [0.05, 0.1) is 18.2 Å². The maximum atomic E-state index is 13.2. The van der Waals surface area contributed by atoms with Crippen LogP contribution in [0.1, 0.15) is 28.8 Å². The number of hydrogen-bond acceptors (Lipinski definition) is 4. The number of piperidine rings is 1. The first-order valence-electron chi connectivity index (χ1n) is 9.80. The monoisotopic (exact) mass is 436 g/mol. The van der Waals surface area contributed by atoms with Crippen LogP contribution in [0.5, 0.6) is 11.5 Å². The lowest BCUT2D eigenvalue weighted by atomic mass is 10.0. The van der Waals surface area contributed by atoms with Crippen LogP contribution in [-0.2, 0) is 11.0 Å². The molecule has 9 heteroatoms. The van der Waals surface area contributed by atoms with Crippen molar-refractivity contribution in [3.8, 4) is 11.5 Å². The van der Waals surface area contributed by atoms with E-state index in [-0.39, 0.29) is 37.2 Å². The lowest BCUT2D eigenvalue weighted by Gasteiger charge is -2.33. The van der Waals surface area contributed by atoms with Crippen molar-refractivity contribution in [2.45, 2.75) is 25.1 Å². The van der Waals surface area contributed by atoms with Crippen LogP contribution in [0.15, 0.2) is 48.5 Å². The topological polar surface area (TPSA) is 67.9 Å². The SMILES string of the molecule is COc1ccccc1OCC(=O)NC1CCN(C(=O)c2ccccc2C(F)(F)F)CC1. The molecule has 2 aromatic carbocycles. The number of ether oxygens (including phenoxy) is 2. The number of carbonyl (C=O) groups is 2. The van der Waals surface area contributed by atoms with Gasteiger partial charge in [0.25, 0.3) is 11.8 Å². The van der Waals surface area contributed by atoms with E-state index < -0.39 is 17.6 Å². The average molecular weight is 436 g/mol. The highest BCUT2D eigenvalue weighted by Crippen LogP contribution is 2.32. The van der Waals surface area contributed by atoms with Crippen molar-refractivity contribution < 1.29 is 32.2 Å². The number of hydrogen-bond donors (Lipinski definition) is 1. The first-order chi connectivity index (χ1) is 14.8. The molecule has 1 aliphatic rings. The quantitative estimate of drug-likeness (QED) is 0.753. The molecule has 0 radical (unpaired) electrons. The summed E-state index contributed by atoms with van der Waals surface area (Å²) in [6, 6.07) is 11.5. The van der Waals surface area contributed by atoms with Crippen LogP contribution in [0.4, 0.5) is 13.2 Å². The highest BCUT2D eigenvalue weighted by atomic mass is 19.4. The summed E-state index contributed by atoms with van der Waals surface area (Å²) in [6.07, 6.45) is -3.71. The molecule has 1 heterocycles. The van der Waals surface area contributed by atoms with Gasteiger partial charge in [0.2, 0.25) is 0 Å². The van der Waals surface area contributed by atoms with Crippen LogP contribution in [0.25, 0.3) is 0 Å². The van der Waals surface area contributed by atoms with Crippen molar-refractivity contribution in [3.05, 3.63) is 59.7 Å². The zero-order chi connectivity index (χ0) is 22.4. The number of para-hydroxylation sites is 2. The Hall–Kier alpha value is -3.23. The fourth-order valence-electron chi connectivity index (χ4n) is 3.46. The van der Waals surface area contributed by atoms with Crippen molar-refractivity contribution in [1.82, 2.24) is 10.2 Å². The molecule has 0 aliphatic carbocycles. The largest absolute Gasteiger partial charge is 0.493 e. The van der Waals surface area contributed by atoms with Gasteiger partial charge in [-0.2, -0.15) is 13.2 Å². The van der Waals surface area contributed by atoms with Crippen LogP contribution in [0, 0.1) is 0 Å². The molecule has 1 N–H and O–H groups in total. The number of methoxy groups -OCH3 is 1. The number of carbonyl (C=O) groups excluding carboxylic acids is 2. The van der Waals surface area contributed by atoms with E-state index in [4.69, 9.17) is 9.47 Å². The number of benzene rings is 2. The van der Waals surface area contributed by atoms with E-state index in [1.54, 1.807) is 24.3 Å². The number of amides is 2. The van der Waals surface area contributed by atoms with E-state index in [0.717, 1.165) is 6.07 Å². The molecular formula is C22H23F3N2O4. The van der Waals surface area contributed by atoms with Gasteiger partial charge in [-0.3, -0.25) is 9.59 Å². The van der Waals surface area contributed by atoms with E-state index in [1.807, 2.05) is 0 Å². The summed E-state index contributed by atoms with van der Waals surface area (Å²) in [5.74, 6) is -0.0135. The third-order valence-corrected chi connectivity index (χ3v) is 5.04. The van der Waals surface area contributed by atoms with Gasteiger partial charge >= 0.3 is 6.18 Å². The molecule has 1 fully saturated rings. The molecule has 1 aliphatic heterocycles. The number of likely N-dealkylation sites (tertiary alicyclic amines) is 1. The Morgan fingerprint density at radius 1 is 1.03 bits per heavy atom. The lowest BCUT2D eigenvalue weighted by Crippen LogP contribution is -2.47. The number of alkyl halides is 3. The van der Waals surface area contributed by atoms with E-state index in [9.17, 15) is 22.8 Å². The summed E-state index contributed by atoms with van der Waals surface area (Å²) in [6.45, 7) is 0.311. The normalized spacial score (nSPS) is 14.8. The van der Waals surface area contributed by atoms with E-state index >= 15 is 0 Å². The first-order valence-corrected chi connectivity index (χ1v) is 9.80. The van der Waals surface area contributed by atoms with Gasteiger partial charge in [0.15, 0.2) is 18.1 Å². The van der Waals surface area contributed by atoms with E-state index in [1.165, 1.54) is 30.2 Å². The number of nitrogens with zero attached hydrogens (tertiary/aromatic N) is 1. The molecule has 0 bridgehead atoms. The Labute approximate surface area is 177 Å². The third-order valence-electron chi connectivity index (χ3n) is 5.04. The highest BCUT2D eigenvalue weighted by molar-refractivity contribution is 5.96. The minimum absolute atomic E-state index is 0.185. The molecule has 1 saturated heterocycles. The molecule has 0 aromatic heterocycles. The van der Waals surface area contributed by atoms with Gasteiger partial charge in [0.1, 0.15) is 0 Å². The number of halogens is 3. The summed E-state index contributed by atoms with van der Waals surface area (Å²) in [5.41, 5.74) is -1.30. The number of rotatable bonds is 6. The second kappa shape index (κ2) is 9.72. The van der Waals surface area contributed by atoms with Crippen molar-refractivity contribution in [3.63, 3.8) is 0 Å². The van der Waals surface area contributed by atoms with Crippen LogP contribution in [0.2, 0.25) is 0 Å². The molecule has 166 valence electrons. The standard InChI is InChI=1S/C22H23F3N2O4/c1-30-18-8-4-5-9-19(18)31-14-20(28)26-15-10-12-27(13-11-15)21(29)16-6-2-3-7-17(16)22(23,24)25/h2-9,15H,10-14H2,1H3,(H,26,28). The van der Waals surface area contributed by atoms with Gasteiger partial charge < -0.3 is 19.7 Å². The Kier molecular flexibility index (Phi) is 7.04. The van der Waals surface area contributed by atoms with E-state index in [0.29, 0.717) is 24.3 Å². The molecule has 0 atom stereocenters. The van der Waals surface area contributed by atoms with Crippen LogP contribution < -0.4 is 14.8 Å². The van der Waals surface area contributed by atoms with Crippen molar-refractivity contribution in [1.29, 1.82) is 0 Å². The maximum absolute atomic E-state index is 13.2. The van der Waals surface area contributed by atoms with Crippen molar-refractivity contribution in [2.24, 2.45) is 0 Å². The summed E-state index contributed by atoms with van der Waals surface area (Å²) in [7, 11) is 1.50. The van der Waals surface area contributed by atoms with Gasteiger partial charge in [-0.05, 0) is 37.1 Å². The average Bonchev–Trinajstić information content (AvgIpc) is 2.77. The van der Waals surface area contributed by atoms with Gasteiger partial charge in [-0.25, -0.2) is 0 Å². The molecule has 2 aromatic rings. The fourth-order valence-corrected chi connectivity index (χ4v) is 3.46. The summed E-state index contributed by atoms with van der Waals surface area (Å²) >= 11 is 0. The Morgan fingerprint density at radius 2 is 1.65 bits per heavy atom. The molecular weight excluding hydrogens is 413 g/mol. The van der Waals surface area contributed by atoms with Crippen molar-refractivity contribution >= 4 is 11.8 Å². The maximum Gasteiger partial charge on any atom is 0.417 e. The molecule has 0 saturated carbocycles.